The Hall–Kier alpha value is -1.11. The van der Waals surface area contributed by atoms with E-state index in [1.165, 1.54) is 101 Å². The molecule has 0 atom stereocenters. The van der Waals surface area contributed by atoms with Gasteiger partial charge in [0.1, 0.15) is 6.29 Å². The van der Waals surface area contributed by atoms with Crippen molar-refractivity contribution < 1.29 is 4.79 Å². The molecule has 1 aromatic rings. The van der Waals surface area contributed by atoms with Crippen molar-refractivity contribution >= 4 is 6.29 Å². The fourth-order valence-electron chi connectivity index (χ4n) is 3.72. The number of aryl methyl sites for hydroxylation is 2. The predicted molar refractivity (Wildman–Crippen MR) is 115 cm³/mol. The van der Waals surface area contributed by atoms with Crippen LogP contribution in [0.25, 0.3) is 0 Å². The molecule has 0 bridgehead atoms. The molecular weight excluding hydrogens is 316 g/mol. The topological polar surface area (TPSA) is 17.1 Å². The molecule has 0 aliphatic carbocycles. The summed E-state index contributed by atoms with van der Waals surface area (Å²) in [6.45, 7) is 4.54. The number of rotatable bonds is 17. The zero-order valence-corrected chi connectivity index (χ0v) is 17.5. The van der Waals surface area contributed by atoms with Crippen molar-refractivity contribution in [1.29, 1.82) is 0 Å². The highest BCUT2D eigenvalue weighted by Crippen LogP contribution is 2.17. The van der Waals surface area contributed by atoms with Crippen LogP contribution in [-0.2, 0) is 12.8 Å². The number of aldehydes is 1. The lowest BCUT2D eigenvalue weighted by Crippen LogP contribution is -1.95. The van der Waals surface area contributed by atoms with Crippen molar-refractivity contribution in [1.82, 2.24) is 0 Å². The molecule has 0 aliphatic rings. The minimum Gasteiger partial charge on any atom is -0.298 e. The molecule has 26 heavy (non-hydrogen) atoms. The molecule has 0 N–H and O–H groups in total. The smallest absolute Gasteiger partial charge is 0.150 e. The van der Waals surface area contributed by atoms with Gasteiger partial charge < -0.3 is 0 Å². The highest BCUT2D eigenvalue weighted by atomic mass is 16.1. The summed E-state index contributed by atoms with van der Waals surface area (Å²) in [5.41, 5.74) is 3.59. The van der Waals surface area contributed by atoms with Gasteiger partial charge in [0, 0.05) is 5.56 Å². The summed E-state index contributed by atoms with van der Waals surface area (Å²) in [5.74, 6) is 0. The Morgan fingerprint density at radius 3 is 1.35 bits per heavy atom. The second-order valence-electron chi connectivity index (χ2n) is 7.94. The van der Waals surface area contributed by atoms with Gasteiger partial charge >= 0.3 is 0 Å². The first kappa shape index (κ1) is 22.9. The molecule has 0 heterocycles. The molecule has 0 aliphatic heterocycles. The van der Waals surface area contributed by atoms with Crippen molar-refractivity contribution in [2.24, 2.45) is 0 Å². The van der Waals surface area contributed by atoms with Crippen molar-refractivity contribution in [3.05, 3.63) is 34.9 Å². The Balaban J connectivity index is 2.29. The van der Waals surface area contributed by atoms with E-state index < -0.39 is 0 Å². The first-order valence-corrected chi connectivity index (χ1v) is 11.4. The van der Waals surface area contributed by atoms with E-state index in [1.54, 1.807) is 0 Å². The van der Waals surface area contributed by atoms with Gasteiger partial charge in [-0.25, -0.2) is 0 Å². The van der Waals surface area contributed by atoms with Crippen LogP contribution in [0.5, 0.6) is 0 Å². The summed E-state index contributed by atoms with van der Waals surface area (Å²) < 4.78 is 0. The highest BCUT2D eigenvalue weighted by Gasteiger charge is 2.02. The van der Waals surface area contributed by atoms with Gasteiger partial charge in [-0.1, -0.05) is 97.0 Å². The number of carbonyl (C=O) groups is 1. The Labute approximate surface area is 163 Å². The Morgan fingerprint density at radius 2 is 0.962 bits per heavy atom. The highest BCUT2D eigenvalue weighted by molar-refractivity contribution is 5.75. The van der Waals surface area contributed by atoms with Crippen molar-refractivity contribution in [3.8, 4) is 0 Å². The van der Waals surface area contributed by atoms with Gasteiger partial charge in [-0.3, -0.25) is 4.79 Å². The van der Waals surface area contributed by atoms with E-state index in [0.29, 0.717) is 0 Å². The third kappa shape index (κ3) is 11.5. The first-order valence-electron chi connectivity index (χ1n) is 11.4. The normalized spacial score (nSPS) is 11.0. The van der Waals surface area contributed by atoms with Crippen LogP contribution < -0.4 is 0 Å². The maximum Gasteiger partial charge on any atom is 0.150 e. The van der Waals surface area contributed by atoms with E-state index in [1.807, 2.05) is 0 Å². The van der Waals surface area contributed by atoms with Gasteiger partial charge in [0.25, 0.3) is 0 Å². The second-order valence-corrected chi connectivity index (χ2v) is 7.94. The quantitative estimate of drug-likeness (QED) is 0.203. The molecule has 0 saturated carbocycles. The number of hydrogen-bond donors (Lipinski definition) is 0. The first-order chi connectivity index (χ1) is 12.8. The number of carbonyl (C=O) groups excluding carboxylic acids is 1. The van der Waals surface area contributed by atoms with Gasteiger partial charge in [0.2, 0.25) is 0 Å². The van der Waals surface area contributed by atoms with E-state index in [2.05, 4.69) is 32.0 Å². The molecule has 148 valence electrons. The zero-order valence-electron chi connectivity index (χ0n) is 17.5. The van der Waals surface area contributed by atoms with Crippen molar-refractivity contribution in [2.75, 3.05) is 0 Å². The van der Waals surface area contributed by atoms with Crippen LogP contribution >= 0.6 is 0 Å². The predicted octanol–water partition coefficient (Wildman–Crippen LogP) is 8.09. The lowest BCUT2D eigenvalue weighted by atomic mass is 9.97. The molecule has 1 rings (SSSR count). The minimum absolute atomic E-state index is 0.864. The van der Waals surface area contributed by atoms with E-state index in [4.69, 9.17) is 0 Å². The molecule has 0 saturated heterocycles. The molecule has 0 amide bonds. The maximum atomic E-state index is 11.3. The fourth-order valence-corrected chi connectivity index (χ4v) is 3.72. The Kier molecular flexibility index (Phi) is 14.2. The third-order valence-electron chi connectivity index (χ3n) is 5.35. The number of hydrogen-bond acceptors (Lipinski definition) is 1. The van der Waals surface area contributed by atoms with Crippen LogP contribution in [0, 0.1) is 0 Å². The molecule has 1 aromatic carbocycles. The van der Waals surface area contributed by atoms with Crippen LogP contribution in [0.3, 0.4) is 0 Å². The number of unbranched alkanes of at least 4 members (excludes halogenated alkanes) is 12. The Morgan fingerprint density at radius 1 is 0.577 bits per heavy atom. The van der Waals surface area contributed by atoms with Gasteiger partial charge in [0.05, 0.1) is 0 Å². The van der Waals surface area contributed by atoms with Crippen LogP contribution in [0.4, 0.5) is 0 Å². The SMILES string of the molecule is CCCCCCCCCc1cc(C=O)cc(CCCCCCCCC)c1. The summed E-state index contributed by atoms with van der Waals surface area (Å²) in [7, 11) is 0. The van der Waals surface area contributed by atoms with E-state index >= 15 is 0 Å². The summed E-state index contributed by atoms with van der Waals surface area (Å²) >= 11 is 0. The average Bonchev–Trinajstić information content (AvgIpc) is 2.66. The summed E-state index contributed by atoms with van der Waals surface area (Å²) in [5, 5.41) is 0. The molecule has 0 fully saturated rings. The second kappa shape index (κ2) is 16.1. The van der Waals surface area contributed by atoms with E-state index in [-0.39, 0.29) is 0 Å². The van der Waals surface area contributed by atoms with Crippen LogP contribution in [-0.4, -0.2) is 6.29 Å². The van der Waals surface area contributed by atoms with Crippen LogP contribution in [0.15, 0.2) is 18.2 Å². The molecule has 0 aromatic heterocycles. The number of benzene rings is 1. The minimum atomic E-state index is 0.864. The molecule has 1 heteroatoms. The maximum absolute atomic E-state index is 11.3. The molecular formula is C25H42O. The molecule has 0 radical (unpaired) electrons. The monoisotopic (exact) mass is 358 g/mol. The summed E-state index contributed by atoms with van der Waals surface area (Å²) in [6, 6.07) is 6.54. The third-order valence-corrected chi connectivity index (χ3v) is 5.35. The van der Waals surface area contributed by atoms with Gasteiger partial charge in [-0.15, -0.1) is 0 Å². The lowest BCUT2D eigenvalue weighted by molar-refractivity contribution is 0.112. The van der Waals surface area contributed by atoms with Crippen LogP contribution in [0.2, 0.25) is 0 Å². The molecule has 0 unspecified atom stereocenters. The standard InChI is InChI=1S/C25H42O/c1-3-5-7-9-11-13-15-17-23-19-24(21-25(20-23)22-26)18-16-14-12-10-8-6-4-2/h19-22H,3-18H2,1-2H3. The van der Waals surface area contributed by atoms with Gasteiger partial charge in [-0.2, -0.15) is 0 Å². The largest absolute Gasteiger partial charge is 0.298 e. The van der Waals surface area contributed by atoms with Gasteiger partial charge in [-0.05, 0) is 48.9 Å². The molecule has 0 spiro atoms. The Bertz CT molecular complexity index is 427. The van der Waals surface area contributed by atoms with E-state index in [9.17, 15) is 4.79 Å². The summed E-state index contributed by atoms with van der Waals surface area (Å²) in [4.78, 5) is 11.3. The van der Waals surface area contributed by atoms with Crippen LogP contribution in [0.1, 0.15) is 125 Å². The zero-order chi connectivity index (χ0) is 18.9. The van der Waals surface area contributed by atoms with Crippen molar-refractivity contribution in [3.63, 3.8) is 0 Å². The van der Waals surface area contributed by atoms with E-state index in [0.717, 1.165) is 24.7 Å². The lowest BCUT2D eigenvalue weighted by Gasteiger charge is -2.08. The van der Waals surface area contributed by atoms with Gasteiger partial charge in [0.15, 0.2) is 0 Å². The fraction of sp³-hybridized carbons (Fsp3) is 0.720. The summed E-state index contributed by atoms with van der Waals surface area (Å²) in [6.07, 6.45) is 22.1. The molecule has 1 nitrogen and oxygen atoms in total. The average molecular weight is 359 g/mol. The van der Waals surface area contributed by atoms with Crippen molar-refractivity contribution in [2.45, 2.75) is 117 Å².